The summed E-state index contributed by atoms with van der Waals surface area (Å²) >= 11 is 0. The second-order valence-corrected chi connectivity index (χ2v) is 9.07. The van der Waals surface area contributed by atoms with Crippen molar-refractivity contribution in [1.82, 2.24) is 0 Å². The number of rotatable bonds is 2. The summed E-state index contributed by atoms with van der Waals surface area (Å²) in [5.41, 5.74) is -0.973. The fourth-order valence-electron chi connectivity index (χ4n) is 6.45. The van der Waals surface area contributed by atoms with Crippen LogP contribution in [0.5, 0.6) is 0 Å². The first-order valence-electron chi connectivity index (χ1n) is 9.41. The highest BCUT2D eigenvalue weighted by Crippen LogP contribution is 2.67. The molecular formula is C21H32O3. The molecule has 24 heavy (non-hydrogen) atoms. The summed E-state index contributed by atoms with van der Waals surface area (Å²) in [6, 6.07) is 0. The molecule has 0 radical (unpaired) electrons. The van der Waals surface area contributed by atoms with Crippen LogP contribution in [0.1, 0.15) is 59.8 Å². The Bertz CT molecular complexity index is 582. The molecule has 3 fully saturated rings. The Balaban J connectivity index is 2.24. The third-order valence-corrected chi connectivity index (χ3v) is 8.32. The van der Waals surface area contributed by atoms with Crippen molar-refractivity contribution in [3.05, 3.63) is 12.7 Å². The molecule has 0 aromatic heterocycles. The topological polar surface area (TPSA) is 43.4 Å². The summed E-state index contributed by atoms with van der Waals surface area (Å²) in [5.74, 6) is 0.870. The Morgan fingerprint density at radius 3 is 2.46 bits per heavy atom. The molecule has 0 aromatic rings. The van der Waals surface area contributed by atoms with Crippen LogP contribution in [0, 0.1) is 34.0 Å². The minimum Gasteiger partial charge on any atom is -0.381 e. The molecule has 0 unspecified atom stereocenters. The summed E-state index contributed by atoms with van der Waals surface area (Å²) in [6.45, 7) is 12.6. The minimum atomic E-state index is -0.581. The second kappa shape index (κ2) is 5.52. The molecular weight excluding hydrogens is 300 g/mol. The zero-order chi connectivity index (χ0) is 17.9. The summed E-state index contributed by atoms with van der Waals surface area (Å²) in [6.07, 6.45) is 5.87. The lowest BCUT2D eigenvalue weighted by Crippen LogP contribution is -2.61. The van der Waals surface area contributed by atoms with Gasteiger partial charge < -0.3 is 4.74 Å². The maximum Gasteiger partial charge on any atom is 0.145 e. The van der Waals surface area contributed by atoms with Crippen molar-refractivity contribution in [2.24, 2.45) is 34.0 Å². The van der Waals surface area contributed by atoms with E-state index in [-0.39, 0.29) is 34.6 Å². The summed E-state index contributed by atoms with van der Waals surface area (Å²) in [5, 5.41) is 0. The van der Waals surface area contributed by atoms with E-state index in [0.29, 0.717) is 24.5 Å². The predicted octanol–water partition coefficient (Wildman–Crippen LogP) is 4.20. The van der Waals surface area contributed by atoms with Crippen LogP contribution in [0.4, 0.5) is 0 Å². The minimum absolute atomic E-state index is 0.0491. The first-order chi connectivity index (χ1) is 11.2. The molecule has 0 heterocycles. The largest absolute Gasteiger partial charge is 0.381 e. The number of carbonyl (C=O) groups excluding carboxylic acids is 2. The smallest absolute Gasteiger partial charge is 0.145 e. The van der Waals surface area contributed by atoms with Gasteiger partial charge in [0, 0.05) is 36.2 Å². The van der Waals surface area contributed by atoms with Gasteiger partial charge in [0.1, 0.15) is 11.6 Å². The van der Waals surface area contributed by atoms with Crippen molar-refractivity contribution in [3.8, 4) is 0 Å². The average molecular weight is 332 g/mol. The lowest BCUT2D eigenvalue weighted by molar-refractivity contribution is -0.180. The van der Waals surface area contributed by atoms with Gasteiger partial charge in [-0.2, -0.15) is 0 Å². The number of Topliss-reactive ketones (excluding diaryl/α,β-unsaturated/α-hetero) is 2. The van der Waals surface area contributed by atoms with Crippen LogP contribution in [-0.2, 0) is 14.3 Å². The van der Waals surface area contributed by atoms with Gasteiger partial charge in [0.05, 0.1) is 6.10 Å². The van der Waals surface area contributed by atoms with Gasteiger partial charge in [0.25, 0.3) is 0 Å². The number of carbonyl (C=O) groups is 2. The molecule has 3 rings (SSSR count). The normalized spacial score (nSPS) is 51.7. The zero-order valence-electron chi connectivity index (χ0n) is 15.9. The van der Waals surface area contributed by atoms with E-state index in [1.54, 1.807) is 7.11 Å². The van der Waals surface area contributed by atoms with Crippen molar-refractivity contribution < 1.29 is 14.3 Å². The number of allylic oxidation sites excluding steroid dienone is 1. The Morgan fingerprint density at radius 1 is 1.21 bits per heavy atom. The van der Waals surface area contributed by atoms with Gasteiger partial charge >= 0.3 is 0 Å². The summed E-state index contributed by atoms with van der Waals surface area (Å²) in [7, 11) is 1.73. The summed E-state index contributed by atoms with van der Waals surface area (Å²) < 4.78 is 5.97. The van der Waals surface area contributed by atoms with Crippen LogP contribution in [0.3, 0.4) is 0 Å². The SMILES string of the molecule is C=C[C@]1(C)C[C@H](OC)[C@@]2(C)[C@H](C)CC[C@@]3(CCC(=O)[C@H]32)[C@H](C)C1=O. The highest BCUT2D eigenvalue weighted by atomic mass is 16.5. The number of hydrogen-bond acceptors (Lipinski definition) is 3. The lowest BCUT2D eigenvalue weighted by Gasteiger charge is -2.60. The fraction of sp³-hybridized carbons (Fsp3) is 0.810. The molecule has 2 bridgehead atoms. The summed E-state index contributed by atoms with van der Waals surface area (Å²) in [4.78, 5) is 26.4. The van der Waals surface area contributed by atoms with E-state index in [0.717, 1.165) is 19.3 Å². The zero-order valence-corrected chi connectivity index (χ0v) is 15.9. The van der Waals surface area contributed by atoms with E-state index in [1.807, 2.05) is 13.0 Å². The Kier molecular flexibility index (Phi) is 4.11. The number of ether oxygens (including phenoxy) is 1. The van der Waals surface area contributed by atoms with Gasteiger partial charge in [0.15, 0.2) is 0 Å². The molecule has 3 heteroatoms. The van der Waals surface area contributed by atoms with Gasteiger partial charge in [-0.25, -0.2) is 0 Å². The monoisotopic (exact) mass is 332 g/mol. The van der Waals surface area contributed by atoms with Crippen LogP contribution >= 0.6 is 0 Å². The van der Waals surface area contributed by atoms with Crippen molar-refractivity contribution in [2.75, 3.05) is 7.11 Å². The van der Waals surface area contributed by atoms with Crippen LogP contribution in [0.25, 0.3) is 0 Å². The van der Waals surface area contributed by atoms with Crippen LogP contribution in [0.15, 0.2) is 12.7 Å². The first kappa shape index (κ1) is 17.8. The molecule has 0 aromatic carbocycles. The van der Waals surface area contributed by atoms with Crippen LogP contribution in [-0.4, -0.2) is 24.8 Å². The van der Waals surface area contributed by atoms with Gasteiger partial charge in [-0.1, -0.05) is 26.8 Å². The van der Waals surface area contributed by atoms with E-state index in [9.17, 15) is 9.59 Å². The van der Waals surface area contributed by atoms with Crippen molar-refractivity contribution >= 4 is 11.6 Å². The maximum absolute atomic E-state index is 13.4. The third kappa shape index (κ3) is 2.00. The van der Waals surface area contributed by atoms with E-state index in [4.69, 9.17) is 4.74 Å². The second-order valence-electron chi connectivity index (χ2n) is 9.07. The molecule has 0 N–H and O–H groups in total. The Labute approximate surface area is 146 Å². The van der Waals surface area contributed by atoms with Crippen LogP contribution in [0.2, 0.25) is 0 Å². The molecule has 3 aliphatic carbocycles. The van der Waals surface area contributed by atoms with E-state index >= 15 is 0 Å². The number of hydrogen-bond donors (Lipinski definition) is 0. The van der Waals surface area contributed by atoms with Crippen molar-refractivity contribution in [3.63, 3.8) is 0 Å². The lowest BCUT2D eigenvalue weighted by atomic mass is 9.44. The standard InChI is InChI=1S/C21H32O3/c1-7-19(4)12-16(24-6)20(5)13(2)8-10-21(14(3)18(19)23)11-9-15(22)17(20)21/h7,13-14,16-17H,1,8-12H2,2-6H3/t13-,14-,16+,17+,19-,20-,21-/m1/s1. The number of methoxy groups -OCH3 is 1. The molecule has 0 spiro atoms. The average Bonchev–Trinajstić information content (AvgIpc) is 2.92. The van der Waals surface area contributed by atoms with E-state index < -0.39 is 5.41 Å². The van der Waals surface area contributed by atoms with Gasteiger partial charge in [-0.05, 0) is 43.9 Å². The van der Waals surface area contributed by atoms with Gasteiger partial charge in [0.2, 0.25) is 0 Å². The molecule has 134 valence electrons. The predicted molar refractivity (Wildman–Crippen MR) is 94.6 cm³/mol. The molecule has 7 atom stereocenters. The first-order valence-corrected chi connectivity index (χ1v) is 9.41. The molecule has 0 saturated heterocycles. The highest BCUT2D eigenvalue weighted by Gasteiger charge is 2.67. The van der Waals surface area contributed by atoms with Gasteiger partial charge in [-0.3, -0.25) is 9.59 Å². The molecule has 0 amide bonds. The quantitative estimate of drug-likeness (QED) is 0.712. The van der Waals surface area contributed by atoms with Crippen molar-refractivity contribution in [1.29, 1.82) is 0 Å². The Morgan fingerprint density at radius 2 is 1.88 bits per heavy atom. The molecule has 3 nitrogen and oxygen atoms in total. The Hall–Kier alpha value is -0.960. The third-order valence-electron chi connectivity index (χ3n) is 8.32. The molecule has 3 saturated carbocycles. The maximum atomic E-state index is 13.4. The highest BCUT2D eigenvalue weighted by molar-refractivity contribution is 5.92. The van der Waals surface area contributed by atoms with E-state index in [1.165, 1.54) is 0 Å². The molecule has 0 aliphatic heterocycles. The van der Waals surface area contributed by atoms with E-state index in [2.05, 4.69) is 27.4 Å². The van der Waals surface area contributed by atoms with Gasteiger partial charge in [-0.15, -0.1) is 6.58 Å². The number of ketones is 2. The van der Waals surface area contributed by atoms with Crippen LogP contribution < -0.4 is 0 Å². The molecule has 3 aliphatic rings. The fourth-order valence-corrected chi connectivity index (χ4v) is 6.45. The van der Waals surface area contributed by atoms with Crippen molar-refractivity contribution in [2.45, 2.75) is 65.9 Å².